The number of nitrogens with one attached hydrogen (secondary N) is 1. The maximum atomic E-state index is 12.4. The lowest BCUT2D eigenvalue weighted by Gasteiger charge is -2.23. The van der Waals surface area contributed by atoms with Crippen LogP contribution in [0.2, 0.25) is 0 Å². The van der Waals surface area contributed by atoms with Crippen LogP contribution in [0.5, 0.6) is 0 Å². The van der Waals surface area contributed by atoms with Crippen molar-refractivity contribution in [1.29, 1.82) is 0 Å². The maximum absolute atomic E-state index is 12.4. The maximum Gasteiger partial charge on any atom is 0.310 e. The fraction of sp³-hybridized carbons (Fsp3) is 0.300. The molecule has 0 spiro atoms. The lowest BCUT2D eigenvalue weighted by Crippen LogP contribution is -2.39. The van der Waals surface area contributed by atoms with Gasteiger partial charge in [-0.2, -0.15) is 0 Å². The van der Waals surface area contributed by atoms with Crippen LogP contribution in [0.3, 0.4) is 0 Å². The number of carboxylic acid groups (broad SMARTS) is 1. The number of aromatic nitrogens is 2. The van der Waals surface area contributed by atoms with Crippen molar-refractivity contribution in [2.24, 2.45) is 5.41 Å². The van der Waals surface area contributed by atoms with Crippen LogP contribution in [0.25, 0.3) is 10.2 Å². The normalized spacial score (nSPS) is 14.7. The van der Waals surface area contributed by atoms with Gasteiger partial charge in [-0.05, 0) is 35.4 Å². The van der Waals surface area contributed by atoms with Crippen LogP contribution >= 0.6 is 11.3 Å². The van der Waals surface area contributed by atoms with E-state index < -0.39 is 11.4 Å². The largest absolute Gasteiger partial charge is 0.481 e. The highest BCUT2D eigenvalue weighted by atomic mass is 32.1. The third-order valence-electron chi connectivity index (χ3n) is 5.25. The molecule has 0 radical (unpaired) electrons. The number of thiophene rings is 1. The molecule has 2 aromatic heterocycles. The molecule has 0 fully saturated rings. The first-order valence-electron chi connectivity index (χ1n) is 8.98. The SMILES string of the molecule is O=C(CC1(C(=O)O)Cc2ccccc2C1)NCCn1cnc2sccc2c1=O. The van der Waals surface area contributed by atoms with Crippen LogP contribution in [-0.2, 0) is 29.0 Å². The van der Waals surface area contributed by atoms with Gasteiger partial charge in [-0.15, -0.1) is 11.3 Å². The van der Waals surface area contributed by atoms with Crippen molar-refractivity contribution in [3.63, 3.8) is 0 Å². The predicted octanol–water partition coefficient (Wildman–Crippen LogP) is 1.83. The van der Waals surface area contributed by atoms with E-state index in [1.54, 1.807) is 6.07 Å². The molecule has 0 bridgehead atoms. The molecule has 1 aliphatic rings. The van der Waals surface area contributed by atoms with Gasteiger partial charge < -0.3 is 10.4 Å². The monoisotopic (exact) mass is 397 g/mol. The number of fused-ring (bicyclic) bond motifs is 2. The highest BCUT2D eigenvalue weighted by molar-refractivity contribution is 7.16. The molecule has 1 amide bonds. The van der Waals surface area contributed by atoms with E-state index in [0.717, 1.165) is 11.1 Å². The first-order chi connectivity index (χ1) is 13.5. The molecule has 1 aromatic carbocycles. The molecule has 3 aromatic rings. The van der Waals surface area contributed by atoms with E-state index in [2.05, 4.69) is 10.3 Å². The van der Waals surface area contributed by atoms with E-state index in [0.29, 0.717) is 23.1 Å². The van der Waals surface area contributed by atoms with Crippen LogP contribution in [0.1, 0.15) is 17.5 Å². The summed E-state index contributed by atoms with van der Waals surface area (Å²) in [5.74, 6) is -1.28. The summed E-state index contributed by atoms with van der Waals surface area (Å²) < 4.78 is 1.45. The highest BCUT2D eigenvalue weighted by Crippen LogP contribution is 2.40. The fourth-order valence-electron chi connectivity index (χ4n) is 3.78. The van der Waals surface area contributed by atoms with Gasteiger partial charge in [0, 0.05) is 19.5 Å². The first-order valence-corrected chi connectivity index (χ1v) is 9.86. The predicted molar refractivity (Wildman–Crippen MR) is 105 cm³/mol. The number of amides is 1. The van der Waals surface area contributed by atoms with Gasteiger partial charge >= 0.3 is 5.97 Å². The van der Waals surface area contributed by atoms with Crippen molar-refractivity contribution < 1.29 is 14.7 Å². The lowest BCUT2D eigenvalue weighted by molar-refractivity contribution is -0.151. The van der Waals surface area contributed by atoms with Crippen molar-refractivity contribution in [3.8, 4) is 0 Å². The van der Waals surface area contributed by atoms with E-state index in [-0.39, 0.29) is 31.0 Å². The van der Waals surface area contributed by atoms with Crippen molar-refractivity contribution in [2.45, 2.75) is 25.8 Å². The second kappa shape index (κ2) is 7.20. The molecule has 0 saturated heterocycles. The molecule has 1 aliphatic carbocycles. The van der Waals surface area contributed by atoms with E-state index in [4.69, 9.17) is 0 Å². The third-order valence-corrected chi connectivity index (χ3v) is 6.07. The van der Waals surface area contributed by atoms with Gasteiger partial charge in [0.25, 0.3) is 5.56 Å². The van der Waals surface area contributed by atoms with Gasteiger partial charge in [-0.3, -0.25) is 19.0 Å². The molecule has 28 heavy (non-hydrogen) atoms. The Balaban J connectivity index is 1.39. The van der Waals surface area contributed by atoms with Crippen molar-refractivity contribution in [1.82, 2.24) is 14.9 Å². The van der Waals surface area contributed by atoms with Crippen LogP contribution in [0, 0.1) is 5.41 Å². The number of carbonyl (C=O) groups is 2. The van der Waals surface area contributed by atoms with Crippen LogP contribution in [-0.4, -0.2) is 33.1 Å². The molecule has 4 rings (SSSR count). The third kappa shape index (κ3) is 3.31. The van der Waals surface area contributed by atoms with Crippen molar-refractivity contribution in [2.75, 3.05) is 6.54 Å². The summed E-state index contributed by atoms with van der Waals surface area (Å²) in [6.45, 7) is 0.516. The highest BCUT2D eigenvalue weighted by Gasteiger charge is 2.45. The quantitative estimate of drug-likeness (QED) is 0.661. The van der Waals surface area contributed by atoms with Gasteiger partial charge in [-0.1, -0.05) is 24.3 Å². The minimum Gasteiger partial charge on any atom is -0.481 e. The summed E-state index contributed by atoms with van der Waals surface area (Å²) in [6, 6.07) is 9.33. The topological polar surface area (TPSA) is 101 Å². The Morgan fingerprint density at radius 1 is 1.21 bits per heavy atom. The summed E-state index contributed by atoms with van der Waals surface area (Å²) >= 11 is 1.40. The zero-order valence-electron chi connectivity index (χ0n) is 15.1. The van der Waals surface area contributed by atoms with Crippen molar-refractivity contribution in [3.05, 3.63) is 63.5 Å². The first kappa shape index (κ1) is 18.4. The van der Waals surface area contributed by atoms with Gasteiger partial charge in [-0.25, -0.2) is 4.98 Å². The van der Waals surface area contributed by atoms with Gasteiger partial charge in [0.1, 0.15) is 4.83 Å². The summed E-state index contributed by atoms with van der Waals surface area (Å²) in [5, 5.41) is 14.9. The molecule has 7 nitrogen and oxygen atoms in total. The van der Waals surface area contributed by atoms with E-state index in [1.165, 1.54) is 22.2 Å². The molecule has 0 aliphatic heterocycles. The number of benzene rings is 1. The summed E-state index contributed by atoms with van der Waals surface area (Å²) in [4.78, 5) is 41.6. The van der Waals surface area contributed by atoms with Crippen LogP contribution in [0.4, 0.5) is 0 Å². The van der Waals surface area contributed by atoms with Gasteiger partial charge in [0.15, 0.2) is 0 Å². The second-order valence-corrected chi connectivity index (χ2v) is 8.01. The minimum absolute atomic E-state index is 0.0896. The Morgan fingerprint density at radius 2 is 1.93 bits per heavy atom. The number of hydrogen-bond acceptors (Lipinski definition) is 5. The van der Waals surface area contributed by atoms with Crippen molar-refractivity contribution >= 4 is 33.4 Å². The Labute approximate surface area is 164 Å². The number of carbonyl (C=O) groups excluding carboxylic acids is 1. The molecular weight excluding hydrogens is 378 g/mol. The molecule has 8 heteroatoms. The number of hydrogen-bond donors (Lipinski definition) is 2. The zero-order valence-corrected chi connectivity index (χ0v) is 15.9. The standard InChI is InChI=1S/C20H19N3O4S/c24-16(11-20(19(26)27)9-13-3-1-2-4-14(13)10-20)21-6-7-23-12-22-17-15(18(23)25)5-8-28-17/h1-5,8,12H,6-7,9-11H2,(H,21,24)(H,26,27). The zero-order chi connectivity index (χ0) is 19.7. The Bertz CT molecular complexity index is 1090. The number of rotatable bonds is 6. The summed E-state index contributed by atoms with van der Waals surface area (Å²) in [7, 11) is 0. The Morgan fingerprint density at radius 3 is 2.61 bits per heavy atom. The molecule has 144 valence electrons. The molecule has 0 atom stereocenters. The van der Waals surface area contributed by atoms with Crippen LogP contribution in [0.15, 0.2) is 46.8 Å². The Hall–Kier alpha value is -3.00. The van der Waals surface area contributed by atoms with E-state index in [1.807, 2.05) is 29.6 Å². The average molecular weight is 397 g/mol. The van der Waals surface area contributed by atoms with Gasteiger partial charge in [0.2, 0.25) is 5.91 Å². The van der Waals surface area contributed by atoms with Gasteiger partial charge in [0.05, 0.1) is 17.1 Å². The molecule has 2 heterocycles. The lowest BCUT2D eigenvalue weighted by atomic mass is 9.81. The summed E-state index contributed by atoms with van der Waals surface area (Å²) in [6.07, 6.45) is 2.08. The second-order valence-electron chi connectivity index (χ2n) is 7.12. The number of aliphatic carboxylic acids is 1. The summed E-state index contributed by atoms with van der Waals surface area (Å²) in [5.41, 5.74) is 0.717. The minimum atomic E-state index is -1.11. The van der Waals surface area contributed by atoms with E-state index >= 15 is 0 Å². The van der Waals surface area contributed by atoms with Crippen LogP contribution < -0.4 is 10.9 Å². The average Bonchev–Trinajstić information content (AvgIpc) is 3.28. The number of nitrogens with zero attached hydrogens (tertiary/aromatic N) is 2. The number of carboxylic acids is 1. The smallest absolute Gasteiger partial charge is 0.310 e. The fourth-order valence-corrected chi connectivity index (χ4v) is 4.51. The molecular formula is C20H19N3O4S. The molecule has 0 unspecified atom stereocenters. The molecule has 2 N–H and O–H groups in total. The Kier molecular flexibility index (Phi) is 4.72. The molecule has 0 saturated carbocycles. The van der Waals surface area contributed by atoms with E-state index in [9.17, 15) is 19.5 Å².